The van der Waals surface area contributed by atoms with E-state index in [1.54, 1.807) is 0 Å². The van der Waals surface area contributed by atoms with E-state index >= 15 is 0 Å². The van der Waals surface area contributed by atoms with Crippen molar-refractivity contribution in [1.29, 1.82) is 0 Å². The molecule has 0 fully saturated rings. The van der Waals surface area contributed by atoms with Crippen molar-refractivity contribution in [2.24, 2.45) is 0 Å². The number of rotatable bonds is 6. The first-order valence-electron chi connectivity index (χ1n) is 11.0. The molecule has 0 saturated carbocycles. The highest BCUT2D eigenvalue weighted by Gasteiger charge is 2.18. The van der Waals surface area contributed by atoms with Crippen LogP contribution in [-0.4, -0.2) is 35.4 Å². The van der Waals surface area contributed by atoms with Crippen molar-refractivity contribution in [1.82, 2.24) is 15.2 Å². The summed E-state index contributed by atoms with van der Waals surface area (Å²) in [5, 5.41) is 7.57. The van der Waals surface area contributed by atoms with Crippen LogP contribution >= 0.6 is 0 Å². The summed E-state index contributed by atoms with van der Waals surface area (Å²) in [5.41, 5.74) is 7.17. The largest absolute Gasteiger partial charge is 0.371 e. The maximum atomic E-state index is 12.7. The highest BCUT2D eigenvalue weighted by Crippen LogP contribution is 2.27. The molecule has 32 heavy (non-hydrogen) atoms. The van der Waals surface area contributed by atoms with Crippen LogP contribution in [0.1, 0.15) is 22.5 Å². The van der Waals surface area contributed by atoms with Crippen LogP contribution in [0.2, 0.25) is 0 Å². The molecule has 1 aliphatic carbocycles. The molecule has 0 unspecified atom stereocenters. The molecule has 3 aromatic rings. The Kier molecular flexibility index (Phi) is 5.46. The summed E-state index contributed by atoms with van der Waals surface area (Å²) in [6.07, 6.45) is 9.69. The minimum atomic E-state index is -0.0606. The number of nitrogens with one attached hydrogen (secondary N) is 2. The van der Waals surface area contributed by atoms with E-state index < -0.39 is 0 Å². The fourth-order valence-corrected chi connectivity index (χ4v) is 4.26. The van der Waals surface area contributed by atoms with Gasteiger partial charge in [0.15, 0.2) is 0 Å². The molecule has 2 N–H and O–H groups in total. The number of amides is 1. The Balaban J connectivity index is 1.23. The fourth-order valence-electron chi connectivity index (χ4n) is 4.26. The predicted molar refractivity (Wildman–Crippen MR) is 130 cm³/mol. The molecule has 0 saturated heterocycles. The normalized spacial score (nSPS) is 14.7. The van der Waals surface area contributed by atoms with E-state index in [0.29, 0.717) is 12.1 Å². The van der Waals surface area contributed by atoms with Gasteiger partial charge in [0.2, 0.25) is 0 Å². The van der Waals surface area contributed by atoms with Gasteiger partial charge in [0.25, 0.3) is 5.91 Å². The predicted octanol–water partition coefficient (Wildman–Crippen LogP) is 5.10. The van der Waals surface area contributed by atoms with Gasteiger partial charge in [-0.1, -0.05) is 42.5 Å². The molecule has 5 nitrogen and oxygen atoms in total. The average molecular weight is 423 g/mol. The Morgan fingerprint density at radius 2 is 2.00 bits per heavy atom. The van der Waals surface area contributed by atoms with Gasteiger partial charge < -0.3 is 15.5 Å². The van der Waals surface area contributed by atoms with Crippen LogP contribution in [0.15, 0.2) is 90.2 Å². The molecule has 160 valence electrons. The van der Waals surface area contributed by atoms with Crippen molar-refractivity contribution < 1.29 is 4.79 Å². The van der Waals surface area contributed by atoms with Crippen LogP contribution in [-0.2, 0) is 0 Å². The number of para-hydroxylation sites is 1. The molecular formula is C27H26N4O. The van der Waals surface area contributed by atoms with E-state index in [1.807, 2.05) is 55.5 Å². The Hall–Kier alpha value is -3.86. The lowest BCUT2D eigenvalue weighted by Gasteiger charge is -2.16. The summed E-state index contributed by atoms with van der Waals surface area (Å²) < 4.78 is 0. The van der Waals surface area contributed by atoms with E-state index in [9.17, 15) is 4.79 Å². The Labute approximate surface area is 188 Å². The number of anilines is 2. The Morgan fingerprint density at radius 3 is 2.91 bits per heavy atom. The van der Waals surface area contributed by atoms with Gasteiger partial charge >= 0.3 is 0 Å². The summed E-state index contributed by atoms with van der Waals surface area (Å²) >= 11 is 0. The third kappa shape index (κ3) is 4.28. The van der Waals surface area contributed by atoms with Crippen LogP contribution in [0.4, 0.5) is 11.4 Å². The molecule has 1 aromatic heterocycles. The number of pyridine rings is 1. The minimum Gasteiger partial charge on any atom is -0.371 e. The first kappa shape index (κ1) is 20.1. The third-order valence-electron chi connectivity index (χ3n) is 5.83. The quantitative estimate of drug-likeness (QED) is 0.580. The zero-order valence-electron chi connectivity index (χ0n) is 18.1. The topological polar surface area (TPSA) is 57.3 Å². The van der Waals surface area contributed by atoms with E-state index in [4.69, 9.17) is 0 Å². The summed E-state index contributed by atoms with van der Waals surface area (Å²) in [7, 11) is 0. The number of aromatic nitrogens is 1. The van der Waals surface area contributed by atoms with Crippen LogP contribution < -0.4 is 10.6 Å². The number of allylic oxidation sites excluding steroid dienone is 3. The van der Waals surface area contributed by atoms with Crippen molar-refractivity contribution in [3.05, 3.63) is 101 Å². The second-order valence-corrected chi connectivity index (χ2v) is 8.24. The summed E-state index contributed by atoms with van der Waals surface area (Å²) in [4.78, 5) is 19.6. The second-order valence-electron chi connectivity index (χ2n) is 8.24. The molecule has 5 rings (SSSR count). The molecular weight excluding hydrogens is 396 g/mol. The van der Waals surface area contributed by atoms with Crippen molar-refractivity contribution in [3.8, 4) is 0 Å². The van der Waals surface area contributed by atoms with Gasteiger partial charge in [0.1, 0.15) is 0 Å². The van der Waals surface area contributed by atoms with Crippen molar-refractivity contribution in [2.45, 2.75) is 13.3 Å². The van der Waals surface area contributed by atoms with Gasteiger partial charge in [-0.05, 0) is 54.8 Å². The lowest BCUT2D eigenvalue weighted by Crippen LogP contribution is -2.32. The number of carbonyl (C=O) groups excluding carboxylic acids is 1. The SMILES string of the molecule is Cc1cc(Nc2cccc(C(=O)NCCN3C=C4CC=CC=C4C3)c2)c2ccccc2n1. The van der Waals surface area contributed by atoms with E-state index in [-0.39, 0.29) is 5.91 Å². The zero-order valence-corrected chi connectivity index (χ0v) is 18.1. The number of nitrogens with zero attached hydrogens (tertiary/aromatic N) is 2. The van der Waals surface area contributed by atoms with E-state index in [2.05, 4.69) is 51.0 Å². The van der Waals surface area contributed by atoms with Gasteiger partial charge in [-0.3, -0.25) is 9.78 Å². The van der Waals surface area contributed by atoms with E-state index in [1.165, 1.54) is 11.1 Å². The third-order valence-corrected chi connectivity index (χ3v) is 5.83. The lowest BCUT2D eigenvalue weighted by molar-refractivity contribution is 0.0951. The first-order chi connectivity index (χ1) is 15.7. The van der Waals surface area contributed by atoms with Crippen molar-refractivity contribution in [2.75, 3.05) is 25.0 Å². The molecule has 1 amide bonds. The molecule has 1 aliphatic heterocycles. The molecule has 2 heterocycles. The van der Waals surface area contributed by atoms with Gasteiger partial charge in [0, 0.05) is 53.9 Å². The summed E-state index contributed by atoms with van der Waals surface area (Å²) in [6.45, 7) is 4.32. The molecule has 0 atom stereocenters. The maximum absolute atomic E-state index is 12.7. The van der Waals surface area contributed by atoms with Gasteiger partial charge in [-0.2, -0.15) is 0 Å². The summed E-state index contributed by atoms with van der Waals surface area (Å²) in [6, 6.07) is 17.7. The van der Waals surface area contributed by atoms with Gasteiger partial charge in [-0.15, -0.1) is 0 Å². The average Bonchev–Trinajstić information content (AvgIpc) is 3.22. The zero-order chi connectivity index (χ0) is 21.9. The van der Waals surface area contributed by atoms with Crippen LogP contribution in [0.5, 0.6) is 0 Å². The van der Waals surface area contributed by atoms with Crippen molar-refractivity contribution >= 4 is 28.2 Å². The highest BCUT2D eigenvalue weighted by atomic mass is 16.1. The number of hydrogen-bond donors (Lipinski definition) is 2. The molecule has 5 heteroatoms. The molecule has 2 aromatic carbocycles. The number of carbonyl (C=O) groups is 1. The lowest BCUT2D eigenvalue weighted by atomic mass is 10.0. The number of hydrogen-bond acceptors (Lipinski definition) is 4. The van der Waals surface area contributed by atoms with E-state index in [0.717, 1.165) is 47.5 Å². The van der Waals surface area contributed by atoms with Crippen LogP contribution in [0.25, 0.3) is 10.9 Å². The number of benzene rings is 2. The molecule has 2 aliphatic rings. The number of fused-ring (bicyclic) bond motifs is 2. The van der Waals surface area contributed by atoms with Gasteiger partial charge in [0.05, 0.1) is 5.52 Å². The standard InChI is InChI=1S/C27H26N4O/c1-19-15-26(24-11-4-5-12-25(24)29-19)30-23-10-6-9-20(16-23)27(32)28-13-14-31-17-21-7-2-3-8-22(21)18-31/h2-7,9-12,15-16,18H,8,13-14,17H2,1H3,(H,28,32)(H,29,30). The molecule has 0 radical (unpaired) electrons. The van der Waals surface area contributed by atoms with Gasteiger partial charge in [-0.25, -0.2) is 0 Å². The molecule has 0 spiro atoms. The Morgan fingerprint density at radius 1 is 1.09 bits per heavy atom. The Bertz CT molecular complexity index is 1270. The van der Waals surface area contributed by atoms with Crippen LogP contribution in [0, 0.1) is 6.92 Å². The maximum Gasteiger partial charge on any atom is 0.251 e. The molecule has 0 bridgehead atoms. The summed E-state index contributed by atoms with van der Waals surface area (Å²) in [5.74, 6) is -0.0606. The first-order valence-corrected chi connectivity index (χ1v) is 11.0. The monoisotopic (exact) mass is 422 g/mol. The smallest absolute Gasteiger partial charge is 0.251 e. The fraction of sp³-hybridized carbons (Fsp3) is 0.185. The second kappa shape index (κ2) is 8.71. The minimum absolute atomic E-state index is 0.0606. The van der Waals surface area contributed by atoms with Crippen molar-refractivity contribution in [3.63, 3.8) is 0 Å². The number of aryl methyl sites for hydroxylation is 1. The van der Waals surface area contributed by atoms with Crippen LogP contribution in [0.3, 0.4) is 0 Å². The highest BCUT2D eigenvalue weighted by molar-refractivity contribution is 5.96.